The van der Waals surface area contributed by atoms with Crippen LogP contribution < -0.4 is 16.2 Å². The smallest absolute Gasteiger partial charge is 0.222 e. The minimum Gasteiger partial charge on any atom is -0.493 e. The first-order valence-corrected chi connectivity index (χ1v) is 12.5. The molecule has 5 nitrogen and oxygen atoms in total. The lowest BCUT2D eigenvalue weighted by atomic mass is 10.0. The number of ether oxygens (including phenoxy) is 1. The molecule has 1 aromatic carbocycles. The molecule has 0 fully saturated rings. The highest BCUT2D eigenvalue weighted by Gasteiger charge is 2.12. The van der Waals surface area contributed by atoms with Crippen LogP contribution in [0.3, 0.4) is 0 Å². The van der Waals surface area contributed by atoms with Crippen LogP contribution in [0.4, 0.5) is 0 Å². The van der Waals surface area contributed by atoms with E-state index in [0.29, 0.717) is 32.2 Å². The van der Waals surface area contributed by atoms with Gasteiger partial charge in [-0.15, -0.1) is 24.8 Å². The largest absolute Gasteiger partial charge is 0.493 e. The average molecular weight is 507 g/mol. The third-order valence-corrected chi connectivity index (χ3v) is 5.81. The summed E-state index contributed by atoms with van der Waals surface area (Å²) in [7, 11) is 1.87. The minimum atomic E-state index is 0. The zero-order valence-corrected chi connectivity index (χ0v) is 22.6. The van der Waals surface area contributed by atoms with Crippen LogP contribution in [-0.4, -0.2) is 37.0 Å². The summed E-state index contributed by atoms with van der Waals surface area (Å²) in [6, 6.07) is 8.35. The first kappa shape index (κ1) is 34.2. The molecule has 0 bridgehead atoms. The summed E-state index contributed by atoms with van der Waals surface area (Å²) < 4.78 is 6.05. The number of unbranched alkanes of at least 4 members (excludes halogenated alkanes) is 7. The van der Waals surface area contributed by atoms with E-state index >= 15 is 0 Å². The van der Waals surface area contributed by atoms with E-state index in [1.54, 1.807) is 4.90 Å². The number of nitrogens with two attached hydrogens (primary N) is 2. The molecule has 0 saturated heterocycles. The fourth-order valence-corrected chi connectivity index (χ4v) is 3.75. The Hall–Kier alpha value is -1.01. The summed E-state index contributed by atoms with van der Waals surface area (Å²) in [4.78, 5) is 14.1. The molecular formula is C26H49Cl2N3O2. The van der Waals surface area contributed by atoms with Crippen molar-refractivity contribution in [2.75, 3.05) is 20.2 Å². The van der Waals surface area contributed by atoms with E-state index in [1.165, 1.54) is 32.1 Å². The third kappa shape index (κ3) is 17.1. The van der Waals surface area contributed by atoms with Crippen LogP contribution in [0.25, 0.3) is 0 Å². The van der Waals surface area contributed by atoms with Gasteiger partial charge in [-0.05, 0) is 51.1 Å². The van der Waals surface area contributed by atoms with Crippen molar-refractivity contribution in [3.8, 4) is 5.75 Å². The van der Waals surface area contributed by atoms with Crippen LogP contribution in [-0.2, 0) is 11.3 Å². The van der Waals surface area contributed by atoms with Crippen LogP contribution in [0.2, 0.25) is 0 Å². The zero-order valence-electron chi connectivity index (χ0n) is 20.9. The van der Waals surface area contributed by atoms with Crippen molar-refractivity contribution in [2.24, 2.45) is 11.5 Å². The maximum atomic E-state index is 12.4. The Morgan fingerprint density at radius 2 is 1.58 bits per heavy atom. The molecule has 0 aliphatic heterocycles. The molecule has 0 heterocycles. The second-order valence-corrected chi connectivity index (χ2v) is 8.76. The number of halogens is 2. The number of carbonyl (C=O) groups is 1. The Bertz CT molecular complexity index is 590. The molecule has 0 aliphatic carbocycles. The number of hydrogen-bond donors (Lipinski definition) is 2. The molecule has 0 saturated carbocycles. The number of rotatable bonds is 19. The monoisotopic (exact) mass is 505 g/mol. The summed E-state index contributed by atoms with van der Waals surface area (Å²) in [5.74, 6) is 1.06. The van der Waals surface area contributed by atoms with Gasteiger partial charge in [-0.1, -0.05) is 63.6 Å². The van der Waals surface area contributed by atoms with Gasteiger partial charge in [0.1, 0.15) is 5.75 Å². The molecule has 1 rings (SSSR count). The van der Waals surface area contributed by atoms with Gasteiger partial charge in [0.15, 0.2) is 0 Å². The van der Waals surface area contributed by atoms with Crippen LogP contribution >= 0.6 is 24.8 Å². The number of para-hydroxylation sites is 1. The van der Waals surface area contributed by atoms with Crippen LogP contribution in [0, 0.1) is 0 Å². The molecule has 1 unspecified atom stereocenters. The number of nitrogens with zero attached hydrogens (tertiary/aromatic N) is 1. The zero-order chi connectivity index (χ0) is 22.7. The van der Waals surface area contributed by atoms with E-state index < -0.39 is 0 Å². The number of hydrogen-bond acceptors (Lipinski definition) is 4. The van der Waals surface area contributed by atoms with Crippen LogP contribution in [0.1, 0.15) is 96.0 Å². The van der Waals surface area contributed by atoms with Gasteiger partial charge in [0, 0.05) is 31.6 Å². The lowest BCUT2D eigenvalue weighted by molar-refractivity contribution is -0.130. The standard InChI is InChI=1S/C26H47N3O2.2ClH/c1-3-4-5-6-8-16-24(28)17-12-14-21-31-25-18-11-10-15-23(25)22-29(2)26(30)19-9-7-13-20-27;;/h10-11,15,18,24H,3-9,12-14,16-17,19-22,27-28H2,1-2H3;2*1H. The summed E-state index contributed by atoms with van der Waals surface area (Å²) in [6.45, 7) is 4.21. The lowest BCUT2D eigenvalue weighted by Gasteiger charge is -2.19. The lowest BCUT2D eigenvalue weighted by Crippen LogP contribution is -2.26. The fraction of sp³-hybridized carbons (Fsp3) is 0.731. The van der Waals surface area contributed by atoms with Gasteiger partial charge in [-0.3, -0.25) is 4.79 Å². The van der Waals surface area contributed by atoms with E-state index in [9.17, 15) is 4.79 Å². The van der Waals surface area contributed by atoms with Crippen molar-refractivity contribution in [1.82, 2.24) is 4.90 Å². The average Bonchev–Trinajstić information content (AvgIpc) is 2.77. The second kappa shape index (κ2) is 22.8. The molecule has 1 amide bonds. The molecule has 1 aromatic rings. The third-order valence-electron chi connectivity index (χ3n) is 5.81. The predicted octanol–water partition coefficient (Wildman–Crippen LogP) is 6.24. The van der Waals surface area contributed by atoms with E-state index in [0.717, 1.165) is 56.3 Å². The van der Waals surface area contributed by atoms with Gasteiger partial charge >= 0.3 is 0 Å². The molecule has 0 radical (unpaired) electrons. The van der Waals surface area contributed by atoms with Crippen molar-refractivity contribution in [2.45, 2.75) is 103 Å². The van der Waals surface area contributed by atoms with Crippen molar-refractivity contribution in [3.05, 3.63) is 29.8 Å². The number of amides is 1. The van der Waals surface area contributed by atoms with E-state index in [-0.39, 0.29) is 30.7 Å². The summed E-state index contributed by atoms with van der Waals surface area (Å²) in [6.07, 6.45) is 14.3. The molecule has 33 heavy (non-hydrogen) atoms. The highest BCUT2D eigenvalue weighted by molar-refractivity contribution is 5.85. The predicted molar refractivity (Wildman–Crippen MR) is 146 cm³/mol. The van der Waals surface area contributed by atoms with E-state index in [1.807, 2.05) is 31.3 Å². The topological polar surface area (TPSA) is 81.6 Å². The molecule has 0 aromatic heterocycles. The number of carbonyl (C=O) groups excluding carboxylic acids is 1. The van der Waals surface area contributed by atoms with Crippen molar-refractivity contribution < 1.29 is 9.53 Å². The summed E-state index contributed by atoms with van der Waals surface area (Å²) in [5, 5.41) is 0. The Kier molecular flexibility index (Phi) is 23.6. The minimum absolute atomic E-state index is 0. The van der Waals surface area contributed by atoms with Crippen LogP contribution in [0.5, 0.6) is 5.75 Å². The van der Waals surface area contributed by atoms with E-state index in [4.69, 9.17) is 16.2 Å². The number of benzene rings is 1. The highest BCUT2D eigenvalue weighted by Crippen LogP contribution is 2.21. The van der Waals surface area contributed by atoms with Gasteiger partial charge in [-0.2, -0.15) is 0 Å². The summed E-state index contributed by atoms with van der Waals surface area (Å²) in [5.41, 5.74) is 12.8. The highest BCUT2D eigenvalue weighted by atomic mass is 35.5. The Balaban J connectivity index is 0. The molecule has 194 valence electrons. The van der Waals surface area contributed by atoms with Crippen molar-refractivity contribution >= 4 is 30.7 Å². The van der Waals surface area contributed by atoms with E-state index in [2.05, 4.69) is 6.92 Å². The molecule has 1 atom stereocenters. The first-order valence-electron chi connectivity index (χ1n) is 12.5. The maximum absolute atomic E-state index is 12.4. The Labute approximate surface area is 215 Å². The SMILES string of the molecule is CCCCCCCC(N)CCCCOc1ccccc1CN(C)C(=O)CCCCCN.Cl.Cl. The van der Waals surface area contributed by atoms with Gasteiger partial charge in [0.25, 0.3) is 0 Å². The molecule has 7 heteroatoms. The first-order chi connectivity index (χ1) is 15.1. The molecule has 4 N–H and O–H groups in total. The Morgan fingerprint density at radius 3 is 2.27 bits per heavy atom. The van der Waals surface area contributed by atoms with Gasteiger partial charge in [0.05, 0.1) is 6.61 Å². The van der Waals surface area contributed by atoms with Crippen molar-refractivity contribution in [1.29, 1.82) is 0 Å². The maximum Gasteiger partial charge on any atom is 0.222 e. The van der Waals surface area contributed by atoms with Gasteiger partial charge < -0.3 is 21.1 Å². The normalized spacial score (nSPS) is 11.3. The quantitative estimate of drug-likeness (QED) is 0.218. The molecule has 0 spiro atoms. The molecular weight excluding hydrogens is 457 g/mol. The molecule has 0 aliphatic rings. The van der Waals surface area contributed by atoms with Gasteiger partial charge in [-0.25, -0.2) is 0 Å². The summed E-state index contributed by atoms with van der Waals surface area (Å²) >= 11 is 0. The van der Waals surface area contributed by atoms with Crippen molar-refractivity contribution in [3.63, 3.8) is 0 Å². The fourth-order valence-electron chi connectivity index (χ4n) is 3.75. The Morgan fingerprint density at radius 1 is 0.939 bits per heavy atom. The van der Waals surface area contributed by atoms with Gasteiger partial charge in [0.2, 0.25) is 5.91 Å². The van der Waals surface area contributed by atoms with Crippen LogP contribution in [0.15, 0.2) is 24.3 Å². The second-order valence-electron chi connectivity index (χ2n) is 8.76.